The van der Waals surface area contributed by atoms with Crippen LogP contribution < -0.4 is 10.6 Å². The molecule has 2 fully saturated rings. The predicted molar refractivity (Wildman–Crippen MR) is 111 cm³/mol. The lowest BCUT2D eigenvalue weighted by Gasteiger charge is -2.17. The number of carbonyl (C=O) groups is 1. The molecule has 5 rings (SSSR count). The van der Waals surface area contributed by atoms with E-state index in [-0.39, 0.29) is 11.9 Å². The molecule has 0 bridgehead atoms. The molecule has 2 aliphatic rings. The predicted octanol–water partition coefficient (Wildman–Crippen LogP) is 2.51. The molecule has 0 unspecified atom stereocenters. The number of nitrogens with zero attached hydrogens (tertiary/aromatic N) is 5. The van der Waals surface area contributed by atoms with E-state index in [0.29, 0.717) is 18.4 Å². The minimum Gasteiger partial charge on any atom is -0.365 e. The third-order valence-electron chi connectivity index (χ3n) is 5.56. The van der Waals surface area contributed by atoms with Crippen molar-refractivity contribution in [2.75, 3.05) is 23.7 Å². The monoisotopic (exact) mass is 392 g/mol. The number of aromatic amines is 1. The van der Waals surface area contributed by atoms with E-state index in [0.717, 1.165) is 35.5 Å². The molecule has 0 aromatic carbocycles. The Morgan fingerprint density at radius 3 is 2.93 bits per heavy atom. The van der Waals surface area contributed by atoms with Gasteiger partial charge in [0.25, 0.3) is 0 Å². The molecule has 1 saturated heterocycles. The Kier molecular flexibility index (Phi) is 4.22. The summed E-state index contributed by atoms with van der Waals surface area (Å²) in [6.45, 7) is 4.95. The quantitative estimate of drug-likeness (QED) is 0.557. The minimum atomic E-state index is -0.0265. The molecule has 4 heterocycles. The summed E-state index contributed by atoms with van der Waals surface area (Å²) in [5.74, 6) is 1.87. The van der Waals surface area contributed by atoms with E-state index in [9.17, 15) is 4.79 Å². The van der Waals surface area contributed by atoms with Crippen LogP contribution in [0.5, 0.6) is 0 Å². The summed E-state index contributed by atoms with van der Waals surface area (Å²) in [4.78, 5) is 26.5. The molecule has 29 heavy (non-hydrogen) atoms. The molecule has 1 atom stereocenters. The molecule has 1 amide bonds. The molecule has 1 aliphatic heterocycles. The molecule has 9 nitrogen and oxygen atoms in total. The van der Waals surface area contributed by atoms with Gasteiger partial charge in [-0.05, 0) is 36.8 Å². The van der Waals surface area contributed by atoms with Crippen LogP contribution in [0.3, 0.4) is 0 Å². The van der Waals surface area contributed by atoms with Crippen LogP contribution in [0, 0.1) is 0 Å². The molecule has 0 spiro atoms. The fourth-order valence-corrected chi connectivity index (χ4v) is 3.95. The third kappa shape index (κ3) is 3.43. The number of hydrogen-bond acceptors (Lipinski definition) is 6. The molecule has 3 aromatic rings. The zero-order chi connectivity index (χ0) is 20.0. The van der Waals surface area contributed by atoms with Crippen molar-refractivity contribution in [3.63, 3.8) is 0 Å². The fourth-order valence-electron chi connectivity index (χ4n) is 3.95. The highest BCUT2D eigenvalue weighted by molar-refractivity contribution is 5.93. The Morgan fingerprint density at radius 1 is 1.34 bits per heavy atom. The highest BCUT2D eigenvalue weighted by atomic mass is 16.2. The lowest BCUT2D eigenvalue weighted by Crippen LogP contribution is -2.30. The van der Waals surface area contributed by atoms with Crippen molar-refractivity contribution >= 4 is 34.4 Å². The van der Waals surface area contributed by atoms with Crippen molar-refractivity contribution in [2.24, 2.45) is 7.05 Å². The summed E-state index contributed by atoms with van der Waals surface area (Å²) in [6, 6.07) is 0.144. The van der Waals surface area contributed by atoms with Gasteiger partial charge in [-0.3, -0.25) is 9.48 Å². The Morgan fingerprint density at radius 2 is 2.21 bits per heavy atom. The fraction of sp³-hybridized carbons (Fsp3) is 0.400. The number of aromatic nitrogens is 5. The van der Waals surface area contributed by atoms with Crippen molar-refractivity contribution in [3.8, 4) is 0 Å². The molecule has 9 heteroatoms. The standard InChI is InChI=1S/C20H24N8O/c1-3-16(29)28-7-6-13(11-28)23-19-17-15(12-4-5-12)9-21-18(17)25-20(26-19)24-14-8-22-27(2)10-14/h3,8-10,12-13H,1,4-7,11H2,2H3,(H3,21,23,24,25,26)/t13-/m1/s1. The molecular weight excluding hydrogens is 368 g/mol. The van der Waals surface area contributed by atoms with Crippen LogP contribution in [0.4, 0.5) is 17.5 Å². The molecule has 0 radical (unpaired) electrons. The number of nitrogens with one attached hydrogen (secondary N) is 3. The summed E-state index contributed by atoms with van der Waals surface area (Å²) in [7, 11) is 1.87. The van der Waals surface area contributed by atoms with E-state index >= 15 is 0 Å². The zero-order valence-electron chi connectivity index (χ0n) is 16.4. The summed E-state index contributed by atoms with van der Waals surface area (Å²) in [5.41, 5.74) is 2.91. The van der Waals surface area contributed by atoms with E-state index < -0.39 is 0 Å². The molecule has 3 N–H and O–H groups in total. The van der Waals surface area contributed by atoms with E-state index in [1.54, 1.807) is 10.9 Å². The Hall–Kier alpha value is -3.36. The summed E-state index contributed by atoms with van der Waals surface area (Å²) < 4.78 is 1.73. The molecule has 1 aliphatic carbocycles. The van der Waals surface area contributed by atoms with E-state index in [2.05, 4.69) is 38.5 Å². The van der Waals surface area contributed by atoms with Crippen molar-refractivity contribution in [1.29, 1.82) is 0 Å². The second kappa shape index (κ2) is 6.91. The second-order valence-electron chi connectivity index (χ2n) is 7.78. The molecular formula is C20H24N8O. The smallest absolute Gasteiger partial charge is 0.246 e. The molecule has 1 saturated carbocycles. The van der Waals surface area contributed by atoms with Crippen molar-refractivity contribution in [3.05, 3.63) is 36.8 Å². The topological polar surface area (TPSA) is 104 Å². The van der Waals surface area contributed by atoms with Gasteiger partial charge in [-0.15, -0.1) is 0 Å². The third-order valence-corrected chi connectivity index (χ3v) is 5.56. The van der Waals surface area contributed by atoms with Gasteiger partial charge < -0.3 is 20.5 Å². The van der Waals surface area contributed by atoms with Crippen LogP contribution in [-0.4, -0.2) is 54.7 Å². The average Bonchev–Trinajstić information content (AvgIpc) is 3.10. The molecule has 150 valence electrons. The normalized spacial score (nSPS) is 18.9. The Balaban J connectivity index is 1.47. The maximum absolute atomic E-state index is 11.9. The summed E-state index contributed by atoms with van der Waals surface area (Å²) in [5, 5.41) is 12.0. The van der Waals surface area contributed by atoms with Gasteiger partial charge in [0, 0.05) is 38.6 Å². The van der Waals surface area contributed by atoms with Gasteiger partial charge in [-0.25, -0.2) is 0 Å². The summed E-state index contributed by atoms with van der Waals surface area (Å²) >= 11 is 0. The Bertz CT molecular complexity index is 1080. The number of amides is 1. The van der Waals surface area contributed by atoms with Gasteiger partial charge >= 0.3 is 0 Å². The number of likely N-dealkylation sites (tertiary alicyclic amines) is 1. The van der Waals surface area contributed by atoms with Gasteiger partial charge in [0.1, 0.15) is 11.5 Å². The highest BCUT2D eigenvalue weighted by Crippen LogP contribution is 2.44. The lowest BCUT2D eigenvalue weighted by atomic mass is 10.1. The van der Waals surface area contributed by atoms with Crippen LogP contribution in [0.1, 0.15) is 30.7 Å². The number of H-pyrrole nitrogens is 1. The van der Waals surface area contributed by atoms with Crippen LogP contribution in [-0.2, 0) is 11.8 Å². The van der Waals surface area contributed by atoms with Gasteiger partial charge in [0.05, 0.1) is 17.3 Å². The van der Waals surface area contributed by atoms with Gasteiger partial charge in [0.15, 0.2) is 0 Å². The SMILES string of the molecule is C=CC(=O)N1CC[C@@H](Nc2nc(Nc3cnn(C)c3)nc3[nH]cc(C4CC4)c23)C1. The lowest BCUT2D eigenvalue weighted by molar-refractivity contribution is -0.125. The summed E-state index contributed by atoms with van der Waals surface area (Å²) in [6.07, 6.45) is 10.3. The van der Waals surface area contributed by atoms with Crippen molar-refractivity contribution in [2.45, 2.75) is 31.2 Å². The maximum Gasteiger partial charge on any atom is 0.246 e. The van der Waals surface area contributed by atoms with Crippen LogP contribution in [0.25, 0.3) is 11.0 Å². The average molecular weight is 392 g/mol. The van der Waals surface area contributed by atoms with Gasteiger partial charge in [0.2, 0.25) is 11.9 Å². The Labute approximate surface area is 168 Å². The van der Waals surface area contributed by atoms with Crippen LogP contribution in [0.2, 0.25) is 0 Å². The minimum absolute atomic E-state index is 0.0265. The number of carbonyl (C=O) groups excluding carboxylic acids is 1. The second-order valence-corrected chi connectivity index (χ2v) is 7.78. The van der Waals surface area contributed by atoms with Crippen LogP contribution >= 0.6 is 0 Å². The first kappa shape index (κ1) is 17.7. The number of fused-ring (bicyclic) bond motifs is 1. The van der Waals surface area contributed by atoms with Crippen molar-refractivity contribution in [1.82, 2.24) is 29.6 Å². The van der Waals surface area contributed by atoms with E-state index in [1.165, 1.54) is 24.5 Å². The highest BCUT2D eigenvalue weighted by Gasteiger charge is 2.30. The first-order valence-electron chi connectivity index (χ1n) is 9.93. The van der Waals surface area contributed by atoms with Gasteiger partial charge in [-0.2, -0.15) is 15.1 Å². The number of hydrogen-bond donors (Lipinski definition) is 3. The first-order valence-corrected chi connectivity index (χ1v) is 9.93. The van der Waals surface area contributed by atoms with Crippen LogP contribution in [0.15, 0.2) is 31.2 Å². The number of aryl methyl sites for hydroxylation is 1. The zero-order valence-corrected chi connectivity index (χ0v) is 16.4. The maximum atomic E-state index is 11.9. The first-order chi connectivity index (χ1) is 14.1. The number of rotatable bonds is 6. The largest absolute Gasteiger partial charge is 0.365 e. The van der Waals surface area contributed by atoms with E-state index in [1.807, 2.05) is 18.1 Å². The van der Waals surface area contributed by atoms with Crippen molar-refractivity contribution < 1.29 is 4.79 Å². The van der Waals surface area contributed by atoms with Gasteiger partial charge in [-0.1, -0.05) is 6.58 Å². The van der Waals surface area contributed by atoms with E-state index in [4.69, 9.17) is 4.98 Å². The molecule has 3 aromatic heterocycles. The number of anilines is 3.